The van der Waals surface area contributed by atoms with Gasteiger partial charge in [0.25, 0.3) is 0 Å². The Kier molecular flexibility index (Phi) is 7.15. The number of anilines is 1. The van der Waals surface area contributed by atoms with Crippen LogP contribution in [0.2, 0.25) is 0 Å². The number of phenolic OH excluding ortho intramolecular Hbond substituents is 1. The molecular weight excluding hydrogens is 548 g/mol. The molecule has 6 atom stereocenters. The number of amides is 4. The Balaban J connectivity index is 1.47. The molecule has 2 aromatic carbocycles. The van der Waals surface area contributed by atoms with Crippen LogP contribution in [-0.2, 0) is 19.2 Å². The van der Waals surface area contributed by atoms with Gasteiger partial charge in [0.15, 0.2) is 11.5 Å². The topological polar surface area (TPSA) is 113 Å². The zero-order valence-corrected chi connectivity index (χ0v) is 24.8. The minimum absolute atomic E-state index is 0.121. The van der Waals surface area contributed by atoms with Crippen LogP contribution in [0.1, 0.15) is 38.7 Å². The van der Waals surface area contributed by atoms with Crippen LogP contribution < -0.4 is 14.4 Å². The maximum Gasteiger partial charge on any atom is 0.241 e. The number of para-hydroxylation sites is 1. The number of likely N-dealkylation sites (tertiary alicyclic amines) is 1. The largest absolute Gasteiger partial charge is 0.502 e. The lowest BCUT2D eigenvalue weighted by molar-refractivity contribution is -0.140. The van der Waals surface area contributed by atoms with Crippen LogP contribution in [0.25, 0.3) is 6.08 Å². The van der Waals surface area contributed by atoms with Crippen molar-refractivity contribution in [1.29, 1.82) is 0 Å². The molecule has 2 aromatic rings. The van der Waals surface area contributed by atoms with Crippen LogP contribution in [0.3, 0.4) is 0 Å². The zero-order chi connectivity index (χ0) is 30.6. The van der Waals surface area contributed by atoms with Gasteiger partial charge in [-0.05, 0) is 61.9 Å². The summed E-state index contributed by atoms with van der Waals surface area (Å²) < 4.78 is 10.7. The number of fused-ring (bicyclic) bond motifs is 4. The number of imide groups is 2. The quantitative estimate of drug-likeness (QED) is 0.374. The average molecular weight is 585 g/mol. The van der Waals surface area contributed by atoms with E-state index in [1.165, 1.54) is 24.0 Å². The standard InChI is InChI=1S/C34H36N2O7/c1-5-15-35-30(38)22-13-12-21-23(28(22)32(35)40)18-25-31(39)36(20-9-7-6-8-10-20)33(41)34(25,2)24(21)14-11-19-16-26(42-3)29(37)27(17-19)43-4/h6-12,14,16-17,22-25,28,37H,5,13,15,18H2,1-4H3. The van der Waals surface area contributed by atoms with Crippen molar-refractivity contribution in [2.24, 2.45) is 35.0 Å². The Labute approximate surface area is 250 Å². The van der Waals surface area contributed by atoms with E-state index in [-0.39, 0.29) is 46.8 Å². The first-order chi connectivity index (χ1) is 20.7. The maximum atomic E-state index is 14.3. The Morgan fingerprint density at radius 1 is 0.977 bits per heavy atom. The van der Waals surface area contributed by atoms with Gasteiger partial charge in [0.05, 0.1) is 43.1 Å². The third-order valence-electron chi connectivity index (χ3n) is 9.88. The molecule has 0 aromatic heterocycles. The van der Waals surface area contributed by atoms with Crippen molar-refractivity contribution in [2.45, 2.75) is 33.1 Å². The Morgan fingerprint density at radius 3 is 2.28 bits per heavy atom. The number of carbonyl (C=O) groups excluding carboxylic acids is 4. The summed E-state index contributed by atoms with van der Waals surface area (Å²) in [6.45, 7) is 4.16. The summed E-state index contributed by atoms with van der Waals surface area (Å²) in [6, 6.07) is 12.3. The normalized spacial score (nSPS) is 30.0. The predicted molar refractivity (Wildman–Crippen MR) is 159 cm³/mol. The molecule has 4 amide bonds. The lowest BCUT2D eigenvalue weighted by Gasteiger charge is -2.47. The molecule has 2 saturated heterocycles. The number of carbonyl (C=O) groups is 4. The van der Waals surface area contributed by atoms with Gasteiger partial charge in [0, 0.05) is 12.5 Å². The minimum Gasteiger partial charge on any atom is -0.502 e. The summed E-state index contributed by atoms with van der Waals surface area (Å²) in [5.74, 6) is -3.09. The number of phenols is 1. The van der Waals surface area contributed by atoms with Gasteiger partial charge in [-0.15, -0.1) is 0 Å². The molecule has 4 aliphatic rings. The maximum absolute atomic E-state index is 14.3. The molecule has 9 nitrogen and oxygen atoms in total. The fourth-order valence-electron chi connectivity index (χ4n) is 7.77. The molecule has 0 spiro atoms. The molecule has 1 N–H and O–H groups in total. The van der Waals surface area contributed by atoms with Gasteiger partial charge in [0.1, 0.15) is 0 Å². The number of aromatic hydroxyl groups is 1. The summed E-state index contributed by atoms with van der Waals surface area (Å²) in [7, 11) is 2.90. The van der Waals surface area contributed by atoms with E-state index in [0.29, 0.717) is 37.1 Å². The van der Waals surface area contributed by atoms with E-state index >= 15 is 0 Å². The van der Waals surface area contributed by atoms with E-state index < -0.39 is 29.1 Å². The second kappa shape index (κ2) is 10.7. The summed E-state index contributed by atoms with van der Waals surface area (Å²) in [6.07, 6.45) is 7.19. The number of ether oxygens (including phenoxy) is 2. The van der Waals surface area contributed by atoms with Crippen molar-refractivity contribution in [1.82, 2.24) is 4.90 Å². The molecule has 3 fully saturated rings. The molecule has 2 aliphatic heterocycles. The molecule has 2 heterocycles. The summed E-state index contributed by atoms with van der Waals surface area (Å²) in [4.78, 5) is 58.1. The van der Waals surface area contributed by atoms with Crippen molar-refractivity contribution in [2.75, 3.05) is 25.7 Å². The molecule has 2 aliphatic carbocycles. The van der Waals surface area contributed by atoms with Crippen LogP contribution in [0.5, 0.6) is 17.2 Å². The first-order valence-corrected chi connectivity index (χ1v) is 14.8. The number of nitrogens with zero attached hydrogens (tertiary/aromatic N) is 2. The van der Waals surface area contributed by atoms with E-state index in [0.717, 1.165) is 5.57 Å². The molecular formula is C34H36N2O7. The highest BCUT2D eigenvalue weighted by atomic mass is 16.5. The predicted octanol–water partition coefficient (Wildman–Crippen LogP) is 4.60. The Morgan fingerprint density at radius 2 is 1.65 bits per heavy atom. The number of hydrogen-bond donors (Lipinski definition) is 1. The van der Waals surface area contributed by atoms with Gasteiger partial charge >= 0.3 is 0 Å². The monoisotopic (exact) mass is 584 g/mol. The highest BCUT2D eigenvalue weighted by Crippen LogP contribution is 2.61. The van der Waals surface area contributed by atoms with Gasteiger partial charge in [-0.1, -0.05) is 48.9 Å². The molecule has 0 radical (unpaired) electrons. The van der Waals surface area contributed by atoms with E-state index in [1.807, 2.05) is 38.1 Å². The molecule has 1 saturated carbocycles. The molecule has 6 unspecified atom stereocenters. The summed E-state index contributed by atoms with van der Waals surface area (Å²) in [5.41, 5.74) is 0.990. The second-order valence-electron chi connectivity index (χ2n) is 12.0. The van der Waals surface area contributed by atoms with E-state index in [1.54, 1.807) is 36.4 Å². The first-order valence-electron chi connectivity index (χ1n) is 14.8. The fourth-order valence-corrected chi connectivity index (χ4v) is 7.77. The van der Waals surface area contributed by atoms with Crippen molar-refractivity contribution in [3.05, 3.63) is 65.8 Å². The number of allylic oxidation sites excluding steroid dienone is 3. The summed E-state index contributed by atoms with van der Waals surface area (Å²) >= 11 is 0. The second-order valence-corrected chi connectivity index (χ2v) is 12.0. The lowest BCUT2D eigenvalue weighted by atomic mass is 9.52. The third-order valence-corrected chi connectivity index (χ3v) is 9.88. The highest BCUT2D eigenvalue weighted by molar-refractivity contribution is 6.24. The molecule has 9 heteroatoms. The van der Waals surface area contributed by atoms with Crippen LogP contribution >= 0.6 is 0 Å². The van der Waals surface area contributed by atoms with Gasteiger partial charge in [-0.2, -0.15) is 0 Å². The first kappa shape index (κ1) is 28.7. The SMILES string of the molecule is CCCN1C(=O)C2CC=C3C(CC4C(=O)N(c5ccccc5)C(=O)C4(C)C3C=Cc3cc(OC)c(O)c(OC)c3)C2C1=O. The zero-order valence-electron chi connectivity index (χ0n) is 24.8. The van der Waals surface area contributed by atoms with Crippen molar-refractivity contribution in [3.8, 4) is 17.2 Å². The Bertz CT molecular complexity index is 1540. The van der Waals surface area contributed by atoms with E-state index in [9.17, 15) is 24.3 Å². The van der Waals surface area contributed by atoms with Gasteiger partial charge in [-0.25, -0.2) is 4.90 Å². The van der Waals surface area contributed by atoms with Crippen molar-refractivity contribution < 1.29 is 33.8 Å². The average Bonchev–Trinajstić information content (AvgIpc) is 3.37. The van der Waals surface area contributed by atoms with Gasteiger partial charge in [0.2, 0.25) is 29.4 Å². The smallest absolute Gasteiger partial charge is 0.241 e. The highest BCUT2D eigenvalue weighted by Gasteiger charge is 2.66. The number of methoxy groups -OCH3 is 2. The van der Waals surface area contributed by atoms with Crippen molar-refractivity contribution >= 4 is 35.4 Å². The van der Waals surface area contributed by atoms with Gasteiger partial charge < -0.3 is 14.6 Å². The fraction of sp³-hybridized carbons (Fsp3) is 0.412. The van der Waals surface area contributed by atoms with E-state index in [2.05, 4.69) is 0 Å². The molecule has 6 rings (SSSR count). The Hall–Kier alpha value is -4.40. The van der Waals surface area contributed by atoms with Crippen molar-refractivity contribution in [3.63, 3.8) is 0 Å². The van der Waals surface area contributed by atoms with Crippen LogP contribution in [0.4, 0.5) is 5.69 Å². The minimum atomic E-state index is -1.11. The third kappa shape index (κ3) is 4.19. The number of rotatable bonds is 7. The van der Waals surface area contributed by atoms with Crippen LogP contribution in [0, 0.1) is 35.0 Å². The molecule has 0 bridgehead atoms. The van der Waals surface area contributed by atoms with E-state index in [4.69, 9.17) is 9.47 Å². The number of hydrogen-bond acceptors (Lipinski definition) is 7. The summed E-state index contributed by atoms with van der Waals surface area (Å²) in [5, 5.41) is 10.4. The molecule has 43 heavy (non-hydrogen) atoms. The lowest BCUT2D eigenvalue weighted by Crippen LogP contribution is -2.49. The number of benzene rings is 2. The van der Waals surface area contributed by atoms with Gasteiger partial charge in [-0.3, -0.25) is 24.1 Å². The van der Waals surface area contributed by atoms with Crippen LogP contribution in [0.15, 0.2) is 60.2 Å². The van der Waals surface area contributed by atoms with Crippen LogP contribution in [-0.4, -0.2) is 54.4 Å². The molecule has 224 valence electrons.